The van der Waals surface area contributed by atoms with Crippen LogP contribution in [0.1, 0.15) is 30.0 Å². The first-order chi connectivity index (χ1) is 9.71. The zero-order valence-electron chi connectivity index (χ0n) is 10.9. The number of rotatable bonds is 2. The Morgan fingerprint density at radius 2 is 2.10 bits per heavy atom. The first kappa shape index (κ1) is 15.6. The number of likely N-dealkylation sites (tertiary alicyclic amines) is 1. The topological polar surface area (TPSA) is 66.6 Å². The lowest BCUT2D eigenvalue weighted by molar-refractivity contribution is -0.140. The lowest BCUT2D eigenvalue weighted by Crippen LogP contribution is -2.41. The van der Waals surface area contributed by atoms with Crippen molar-refractivity contribution in [3.8, 4) is 0 Å². The van der Waals surface area contributed by atoms with Crippen LogP contribution in [0.2, 0.25) is 0 Å². The number of carboxylic acid groups (broad SMARTS) is 1. The minimum absolute atomic E-state index is 0.152. The average molecular weight is 306 g/mol. The minimum atomic E-state index is -4.77. The van der Waals surface area contributed by atoms with Gasteiger partial charge in [0, 0.05) is 6.54 Å². The van der Waals surface area contributed by atoms with Crippen molar-refractivity contribution >= 4 is 6.09 Å². The average Bonchev–Trinajstić information content (AvgIpc) is 2.85. The molecule has 1 saturated heterocycles. The van der Waals surface area contributed by atoms with Crippen molar-refractivity contribution in [1.82, 2.24) is 4.90 Å². The normalized spacial score (nSPS) is 20.6. The molecule has 1 aromatic rings. The van der Waals surface area contributed by atoms with Gasteiger partial charge < -0.3 is 15.7 Å². The summed E-state index contributed by atoms with van der Waals surface area (Å²) in [7, 11) is 0. The Balaban J connectivity index is 2.26. The lowest BCUT2D eigenvalue weighted by Gasteiger charge is -2.27. The molecule has 0 aromatic heterocycles. The molecule has 2 unspecified atom stereocenters. The standard InChI is InChI=1S/C13H14F4N2O2/c14-9-6-7(3-4-8(9)13(15,16)17)11(18)10-2-1-5-19(10)12(20)21/h3-4,6,10-11H,1-2,5,18H2,(H,20,21). The predicted octanol–water partition coefficient (Wildman–Crippen LogP) is 2.99. The SMILES string of the molecule is NC(c1ccc(C(F)(F)F)c(F)c1)C1CCCN1C(=O)O. The lowest BCUT2D eigenvalue weighted by atomic mass is 9.97. The molecule has 1 heterocycles. The molecule has 4 nitrogen and oxygen atoms in total. The van der Waals surface area contributed by atoms with Gasteiger partial charge in [-0.3, -0.25) is 0 Å². The van der Waals surface area contributed by atoms with Crippen molar-refractivity contribution in [3.05, 3.63) is 35.1 Å². The predicted molar refractivity (Wildman–Crippen MR) is 66.1 cm³/mol. The van der Waals surface area contributed by atoms with Gasteiger partial charge >= 0.3 is 12.3 Å². The van der Waals surface area contributed by atoms with Crippen molar-refractivity contribution in [2.75, 3.05) is 6.54 Å². The summed E-state index contributed by atoms with van der Waals surface area (Å²) in [6.45, 7) is 0.316. The smallest absolute Gasteiger partial charge is 0.419 e. The fourth-order valence-electron chi connectivity index (χ4n) is 2.59. The number of hydrogen-bond acceptors (Lipinski definition) is 2. The summed E-state index contributed by atoms with van der Waals surface area (Å²) in [5.41, 5.74) is 4.69. The highest BCUT2D eigenvalue weighted by Gasteiger charge is 2.36. The molecule has 0 radical (unpaired) electrons. The molecular formula is C13H14F4N2O2. The van der Waals surface area contributed by atoms with E-state index in [1.807, 2.05) is 0 Å². The Kier molecular flexibility index (Phi) is 4.08. The second-order valence-electron chi connectivity index (χ2n) is 4.95. The maximum absolute atomic E-state index is 13.5. The van der Waals surface area contributed by atoms with E-state index in [9.17, 15) is 22.4 Å². The number of carbonyl (C=O) groups is 1. The second kappa shape index (κ2) is 5.51. The van der Waals surface area contributed by atoms with Crippen molar-refractivity contribution < 1.29 is 27.5 Å². The molecule has 21 heavy (non-hydrogen) atoms. The van der Waals surface area contributed by atoms with E-state index in [1.165, 1.54) is 0 Å². The van der Waals surface area contributed by atoms with Crippen LogP contribution in [0.5, 0.6) is 0 Å². The molecule has 1 fully saturated rings. The zero-order valence-corrected chi connectivity index (χ0v) is 10.9. The van der Waals surface area contributed by atoms with Crippen molar-refractivity contribution in [1.29, 1.82) is 0 Å². The summed E-state index contributed by atoms with van der Waals surface area (Å²) in [6.07, 6.45) is -4.79. The Hall–Kier alpha value is -1.83. The van der Waals surface area contributed by atoms with Gasteiger partial charge in [-0.15, -0.1) is 0 Å². The van der Waals surface area contributed by atoms with Crippen LogP contribution in [0.15, 0.2) is 18.2 Å². The summed E-state index contributed by atoms with van der Waals surface area (Å²) in [5.74, 6) is -1.41. The Morgan fingerprint density at radius 3 is 2.62 bits per heavy atom. The minimum Gasteiger partial charge on any atom is -0.465 e. The van der Waals surface area contributed by atoms with E-state index in [0.717, 1.165) is 17.0 Å². The Bertz CT molecular complexity index is 547. The molecule has 2 atom stereocenters. The van der Waals surface area contributed by atoms with Crippen molar-refractivity contribution in [3.63, 3.8) is 0 Å². The third-order valence-electron chi connectivity index (χ3n) is 3.64. The Labute approximate surface area is 118 Å². The van der Waals surface area contributed by atoms with E-state index >= 15 is 0 Å². The van der Waals surface area contributed by atoms with Crippen LogP contribution in [-0.2, 0) is 6.18 Å². The molecule has 3 N–H and O–H groups in total. The van der Waals surface area contributed by atoms with Crippen LogP contribution in [-0.4, -0.2) is 28.7 Å². The summed E-state index contributed by atoms with van der Waals surface area (Å²) >= 11 is 0. The number of halogens is 4. The van der Waals surface area contributed by atoms with Gasteiger partial charge in [-0.1, -0.05) is 6.07 Å². The second-order valence-corrected chi connectivity index (χ2v) is 4.95. The molecule has 8 heteroatoms. The third kappa shape index (κ3) is 3.10. The van der Waals surface area contributed by atoms with Crippen LogP contribution in [0.3, 0.4) is 0 Å². The van der Waals surface area contributed by atoms with Crippen LogP contribution >= 0.6 is 0 Å². The van der Waals surface area contributed by atoms with Crippen LogP contribution in [0, 0.1) is 5.82 Å². The number of nitrogens with zero attached hydrogens (tertiary/aromatic N) is 1. The number of nitrogens with two attached hydrogens (primary N) is 1. The highest BCUT2D eigenvalue weighted by molar-refractivity contribution is 5.66. The fourth-order valence-corrected chi connectivity index (χ4v) is 2.59. The zero-order chi connectivity index (χ0) is 15.8. The molecule has 2 rings (SSSR count). The van der Waals surface area contributed by atoms with Gasteiger partial charge in [0.15, 0.2) is 0 Å². The quantitative estimate of drug-likeness (QED) is 0.825. The summed E-state index contributed by atoms with van der Waals surface area (Å²) in [4.78, 5) is 12.2. The first-order valence-corrected chi connectivity index (χ1v) is 6.33. The van der Waals surface area contributed by atoms with E-state index in [-0.39, 0.29) is 5.56 Å². The molecule has 1 aliphatic heterocycles. The molecule has 1 aliphatic rings. The fraction of sp³-hybridized carbons (Fsp3) is 0.462. The monoisotopic (exact) mass is 306 g/mol. The number of alkyl halides is 3. The highest BCUT2D eigenvalue weighted by atomic mass is 19.4. The molecular weight excluding hydrogens is 292 g/mol. The van der Waals surface area contributed by atoms with Crippen molar-refractivity contribution in [2.24, 2.45) is 5.73 Å². The molecule has 0 aliphatic carbocycles. The van der Waals surface area contributed by atoms with E-state index in [2.05, 4.69) is 0 Å². The summed E-state index contributed by atoms with van der Waals surface area (Å²) in [5, 5.41) is 9.03. The van der Waals surface area contributed by atoms with Gasteiger partial charge in [-0.25, -0.2) is 9.18 Å². The van der Waals surface area contributed by atoms with Gasteiger partial charge in [0.05, 0.1) is 17.6 Å². The van der Waals surface area contributed by atoms with Crippen molar-refractivity contribution in [2.45, 2.75) is 31.1 Å². The molecule has 0 saturated carbocycles. The molecule has 1 amide bonds. The van der Waals surface area contributed by atoms with Gasteiger partial charge in [-0.05, 0) is 30.5 Å². The third-order valence-corrected chi connectivity index (χ3v) is 3.64. The van der Waals surface area contributed by atoms with Gasteiger partial charge in [0.25, 0.3) is 0 Å². The van der Waals surface area contributed by atoms with E-state index in [0.29, 0.717) is 25.5 Å². The molecule has 0 spiro atoms. The maximum atomic E-state index is 13.5. The van der Waals surface area contributed by atoms with Crippen LogP contribution in [0.25, 0.3) is 0 Å². The first-order valence-electron chi connectivity index (χ1n) is 6.33. The molecule has 0 bridgehead atoms. The summed E-state index contributed by atoms with van der Waals surface area (Å²) in [6, 6.07) is 1.03. The van der Waals surface area contributed by atoms with Crippen LogP contribution < -0.4 is 5.73 Å². The van der Waals surface area contributed by atoms with E-state index in [4.69, 9.17) is 10.8 Å². The van der Waals surface area contributed by atoms with Gasteiger partial charge in [0.1, 0.15) is 5.82 Å². The summed E-state index contributed by atoms with van der Waals surface area (Å²) < 4.78 is 51.0. The maximum Gasteiger partial charge on any atom is 0.419 e. The largest absolute Gasteiger partial charge is 0.465 e. The number of amides is 1. The highest BCUT2D eigenvalue weighted by Crippen LogP contribution is 2.34. The molecule has 116 valence electrons. The van der Waals surface area contributed by atoms with Gasteiger partial charge in [0.2, 0.25) is 0 Å². The molecule has 1 aromatic carbocycles. The van der Waals surface area contributed by atoms with E-state index < -0.39 is 35.7 Å². The number of hydrogen-bond donors (Lipinski definition) is 2. The Morgan fingerprint density at radius 1 is 1.43 bits per heavy atom. The van der Waals surface area contributed by atoms with Gasteiger partial charge in [-0.2, -0.15) is 13.2 Å². The van der Waals surface area contributed by atoms with E-state index in [1.54, 1.807) is 0 Å². The number of benzene rings is 1. The van der Waals surface area contributed by atoms with Crippen LogP contribution in [0.4, 0.5) is 22.4 Å².